The van der Waals surface area contributed by atoms with E-state index in [0.29, 0.717) is 34.7 Å². The van der Waals surface area contributed by atoms with Gasteiger partial charge in [0.25, 0.3) is 11.8 Å². The quantitative estimate of drug-likeness (QED) is 0.203. The topological polar surface area (TPSA) is 93.0 Å². The van der Waals surface area contributed by atoms with Crippen molar-refractivity contribution in [1.29, 1.82) is 0 Å². The number of aryl methyl sites for hydroxylation is 2. The smallest absolute Gasteiger partial charge is 0.297 e. The van der Waals surface area contributed by atoms with E-state index < -0.39 is 28.6 Å². The number of rotatable bonds is 5. The Balaban J connectivity index is 1.44. The Bertz CT molecular complexity index is 2350. The van der Waals surface area contributed by atoms with Gasteiger partial charge in [0.15, 0.2) is 16.1 Å². The average Bonchev–Trinajstić information content (AvgIpc) is 3.65. The molecule has 6 aromatic rings. The summed E-state index contributed by atoms with van der Waals surface area (Å²) in [6, 6.07) is 22.1. The largest absolute Gasteiger partial charge is 0.494 e. The minimum atomic E-state index is -1.95. The molecular weight excluding hydrogens is 605 g/mol. The molecule has 228 valence electrons. The second kappa shape index (κ2) is 10.1. The number of nitrogens with zero attached hydrogens (tertiary/aromatic N) is 3. The van der Waals surface area contributed by atoms with Crippen LogP contribution in [-0.4, -0.2) is 23.4 Å². The average molecular weight is 632 g/mol. The van der Waals surface area contributed by atoms with E-state index in [1.165, 1.54) is 27.2 Å². The van der Waals surface area contributed by atoms with Gasteiger partial charge in [0.1, 0.15) is 17.1 Å². The van der Waals surface area contributed by atoms with E-state index >= 15 is 4.79 Å². The molecule has 2 aliphatic rings. The van der Waals surface area contributed by atoms with E-state index in [-0.39, 0.29) is 34.0 Å². The van der Waals surface area contributed by atoms with Crippen LogP contribution in [0.1, 0.15) is 45.3 Å². The van der Waals surface area contributed by atoms with Crippen LogP contribution in [-0.2, 0) is 16.9 Å². The molecular formula is C36H26FN3O5S. The molecule has 0 saturated heterocycles. The summed E-state index contributed by atoms with van der Waals surface area (Å²) in [7, 11) is 0. The molecule has 8 rings (SSSR count). The fourth-order valence-electron chi connectivity index (χ4n) is 6.62. The highest BCUT2D eigenvalue weighted by Gasteiger charge is 2.66. The number of hydrogen-bond donors (Lipinski definition) is 0. The standard InChI is InChI=1S/C36H26FN3O5S/c1-4-44-22-13-14-26-29(17-22)46-35(38-26)40-33(42)32-30(31(41)23-15-19(2)20(3)16-28(23)45-32)36(40)24-10-6-8-12-27(24)39(34(36)43)18-21-9-5-7-11-25(21)37/h5-17H,4,18H2,1-3H3. The molecule has 0 N–H and O–H groups in total. The molecule has 1 unspecified atom stereocenters. The van der Waals surface area contributed by atoms with Gasteiger partial charge in [-0.2, -0.15) is 0 Å². The summed E-state index contributed by atoms with van der Waals surface area (Å²) in [4.78, 5) is 51.9. The number of thiazole rings is 1. The van der Waals surface area contributed by atoms with Crippen molar-refractivity contribution in [2.24, 2.45) is 0 Å². The fourth-order valence-corrected chi connectivity index (χ4v) is 7.66. The van der Waals surface area contributed by atoms with Gasteiger partial charge in [0, 0.05) is 11.1 Å². The predicted octanol–water partition coefficient (Wildman–Crippen LogP) is 7.01. The lowest BCUT2D eigenvalue weighted by Gasteiger charge is -2.32. The zero-order chi connectivity index (χ0) is 31.9. The molecule has 2 aromatic heterocycles. The highest BCUT2D eigenvalue weighted by Crippen LogP contribution is 2.55. The molecule has 2 amide bonds. The first-order valence-electron chi connectivity index (χ1n) is 14.9. The molecule has 4 heterocycles. The fraction of sp³-hybridized carbons (Fsp3) is 0.167. The summed E-state index contributed by atoms with van der Waals surface area (Å²) < 4.78 is 27.7. The molecule has 0 saturated carbocycles. The van der Waals surface area contributed by atoms with Crippen LogP contribution in [0.4, 0.5) is 15.2 Å². The molecule has 10 heteroatoms. The molecule has 2 aliphatic heterocycles. The normalized spacial score (nSPS) is 17.0. The van der Waals surface area contributed by atoms with E-state index in [9.17, 15) is 14.0 Å². The first kappa shape index (κ1) is 28.1. The summed E-state index contributed by atoms with van der Waals surface area (Å²) in [5, 5.41) is 0.478. The summed E-state index contributed by atoms with van der Waals surface area (Å²) >= 11 is 1.21. The minimum Gasteiger partial charge on any atom is -0.494 e. The van der Waals surface area contributed by atoms with Gasteiger partial charge in [-0.3, -0.25) is 19.3 Å². The summed E-state index contributed by atoms with van der Waals surface area (Å²) in [6.45, 7) is 6.03. The Hall–Kier alpha value is -5.35. The summed E-state index contributed by atoms with van der Waals surface area (Å²) in [6.07, 6.45) is 0. The first-order chi connectivity index (χ1) is 22.2. The SMILES string of the molecule is CCOc1ccc2nc(N3C(=O)c4oc5cc(C)c(C)cc5c(=O)c4C34C(=O)N(Cc3ccccc3F)c3ccccc34)sc2c1. The van der Waals surface area contributed by atoms with Crippen molar-refractivity contribution < 1.29 is 23.1 Å². The van der Waals surface area contributed by atoms with Crippen molar-refractivity contribution in [2.75, 3.05) is 16.4 Å². The Labute approximate surface area is 266 Å². The molecule has 1 atom stereocenters. The van der Waals surface area contributed by atoms with Crippen LogP contribution >= 0.6 is 11.3 Å². The second-order valence-corrected chi connectivity index (χ2v) is 12.5. The number of halogens is 1. The third-order valence-corrected chi connectivity index (χ3v) is 9.88. The van der Waals surface area contributed by atoms with Gasteiger partial charge in [-0.1, -0.05) is 47.7 Å². The molecule has 0 radical (unpaired) electrons. The van der Waals surface area contributed by atoms with Crippen molar-refractivity contribution in [3.63, 3.8) is 0 Å². The molecule has 8 nitrogen and oxygen atoms in total. The van der Waals surface area contributed by atoms with E-state index in [4.69, 9.17) is 14.1 Å². The minimum absolute atomic E-state index is 0.0731. The predicted molar refractivity (Wildman–Crippen MR) is 174 cm³/mol. The number of para-hydroxylation sites is 1. The number of carbonyl (C=O) groups excluding carboxylic acids is 2. The van der Waals surface area contributed by atoms with Crippen LogP contribution in [0.25, 0.3) is 21.2 Å². The van der Waals surface area contributed by atoms with Crippen molar-refractivity contribution in [3.8, 4) is 5.75 Å². The summed E-state index contributed by atoms with van der Waals surface area (Å²) in [5.74, 6) is -1.28. The van der Waals surface area contributed by atoms with E-state index in [1.807, 2.05) is 26.8 Å². The van der Waals surface area contributed by atoms with Crippen LogP contribution in [0.2, 0.25) is 0 Å². The van der Waals surface area contributed by atoms with E-state index in [0.717, 1.165) is 15.8 Å². The lowest BCUT2D eigenvalue weighted by Crippen LogP contribution is -2.53. The van der Waals surface area contributed by atoms with Crippen LogP contribution < -0.4 is 20.0 Å². The van der Waals surface area contributed by atoms with Gasteiger partial charge in [-0.05, 0) is 74.4 Å². The van der Waals surface area contributed by atoms with Gasteiger partial charge >= 0.3 is 0 Å². The van der Waals surface area contributed by atoms with Gasteiger partial charge < -0.3 is 14.1 Å². The third kappa shape index (κ3) is 3.76. The van der Waals surface area contributed by atoms with Crippen molar-refractivity contribution in [3.05, 3.63) is 128 Å². The number of amides is 2. The molecule has 0 fully saturated rings. The Morgan fingerprint density at radius 3 is 2.52 bits per heavy atom. The first-order valence-corrected chi connectivity index (χ1v) is 15.7. The zero-order valence-electron chi connectivity index (χ0n) is 25.1. The van der Waals surface area contributed by atoms with E-state index in [2.05, 4.69) is 0 Å². The van der Waals surface area contributed by atoms with Gasteiger partial charge in [-0.25, -0.2) is 9.37 Å². The second-order valence-electron chi connectivity index (χ2n) is 11.5. The highest BCUT2D eigenvalue weighted by molar-refractivity contribution is 7.22. The third-order valence-electron chi connectivity index (χ3n) is 8.88. The lowest BCUT2D eigenvalue weighted by atomic mass is 9.84. The van der Waals surface area contributed by atoms with Crippen LogP contribution in [0.5, 0.6) is 5.75 Å². The maximum atomic E-state index is 15.1. The van der Waals surface area contributed by atoms with E-state index in [1.54, 1.807) is 66.7 Å². The Morgan fingerprint density at radius 2 is 1.72 bits per heavy atom. The molecule has 1 spiro atoms. The maximum Gasteiger partial charge on any atom is 0.297 e. The lowest BCUT2D eigenvalue weighted by molar-refractivity contribution is -0.121. The number of fused-ring (bicyclic) bond motifs is 6. The number of ether oxygens (including phenoxy) is 1. The molecule has 0 aliphatic carbocycles. The number of carbonyl (C=O) groups is 2. The van der Waals surface area contributed by atoms with Gasteiger partial charge in [0.2, 0.25) is 5.76 Å². The van der Waals surface area contributed by atoms with Gasteiger partial charge in [-0.15, -0.1) is 0 Å². The molecule has 4 aromatic carbocycles. The number of hydrogen-bond acceptors (Lipinski definition) is 7. The van der Waals surface area contributed by atoms with Crippen molar-refractivity contribution in [2.45, 2.75) is 32.9 Å². The molecule has 0 bridgehead atoms. The highest BCUT2D eigenvalue weighted by atomic mass is 32.1. The van der Waals surface area contributed by atoms with Crippen LogP contribution in [0, 0.1) is 19.7 Å². The number of benzene rings is 4. The van der Waals surface area contributed by atoms with Crippen molar-refractivity contribution in [1.82, 2.24) is 4.98 Å². The Morgan fingerprint density at radius 1 is 0.957 bits per heavy atom. The van der Waals surface area contributed by atoms with Crippen LogP contribution in [0.15, 0.2) is 88.1 Å². The number of aromatic nitrogens is 1. The van der Waals surface area contributed by atoms with Crippen molar-refractivity contribution >= 4 is 55.2 Å². The maximum absolute atomic E-state index is 15.1. The monoisotopic (exact) mass is 631 g/mol. The number of anilines is 2. The zero-order valence-corrected chi connectivity index (χ0v) is 25.9. The van der Waals surface area contributed by atoms with Gasteiger partial charge in [0.05, 0.1) is 40.0 Å². The summed E-state index contributed by atoms with van der Waals surface area (Å²) in [5.41, 5.74) is 1.27. The Kier molecular flexibility index (Phi) is 6.17. The van der Waals surface area contributed by atoms with Crippen LogP contribution in [0.3, 0.4) is 0 Å². The molecule has 46 heavy (non-hydrogen) atoms.